The Morgan fingerprint density at radius 1 is 1.35 bits per heavy atom. The fraction of sp³-hybridized carbons (Fsp3) is 0.625. The second-order valence-corrected chi connectivity index (χ2v) is 7.06. The molecule has 1 aliphatic heterocycles. The van der Waals surface area contributed by atoms with Crippen molar-refractivity contribution in [2.75, 3.05) is 20.1 Å². The lowest BCUT2D eigenvalue weighted by atomic mass is 9.95. The normalized spacial score (nSPS) is 20.9. The summed E-state index contributed by atoms with van der Waals surface area (Å²) in [4.78, 5) is 11.8. The van der Waals surface area contributed by atoms with Gasteiger partial charge in [0, 0.05) is 24.7 Å². The molecule has 0 radical (unpaired) electrons. The molecule has 20 heavy (non-hydrogen) atoms. The number of imidazole rings is 1. The fourth-order valence-electron chi connectivity index (χ4n) is 3.14. The number of likely N-dealkylation sites (tertiary alicyclic amines) is 1. The fourth-order valence-corrected chi connectivity index (χ4v) is 3.14. The van der Waals surface area contributed by atoms with Crippen LogP contribution >= 0.6 is 0 Å². The van der Waals surface area contributed by atoms with Gasteiger partial charge < -0.3 is 9.47 Å². The molecule has 0 bridgehead atoms. The van der Waals surface area contributed by atoms with Crippen LogP contribution in [0.3, 0.4) is 0 Å². The molecule has 0 N–H and O–H groups in total. The first kappa shape index (κ1) is 13.6. The maximum absolute atomic E-state index is 4.83. The van der Waals surface area contributed by atoms with E-state index in [9.17, 15) is 0 Å². The summed E-state index contributed by atoms with van der Waals surface area (Å²) >= 11 is 0. The summed E-state index contributed by atoms with van der Waals surface area (Å²) in [7, 11) is 2.20. The molecule has 108 valence electrons. The number of aromatic nitrogens is 3. The van der Waals surface area contributed by atoms with E-state index in [-0.39, 0.29) is 5.41 Å². The van der Waals surface area contributed by atoms with Crippen molar-refractivity contribution in [3.05, 3.63) is 24.2 Å². The standard InChI is InChI=1S/C16H24N4/c1-16(2,3)15-18-13-6-5-8-17-14(13)20(15)11-12-7-9-19(4)10-12/h5-6,8,12H,7,9-11H2,1-4H3. The Kier molecular flexibility index (Phi) is 3.28. The van der Waals surface area contributed by atoms with E-state index in [1.165, 1.54) is 19.5 Å². The predicted molar refractivity (Wildman–Crippen MR) is 81.8 cm³/mol. The van der Waals surface area contributed by atoms with Crippen molar-refractivity contribution >= 4 is 11.2 Å². The molecule has 1 saturated heterocycles. The third-order valence-electron chi connectivity index (χ3n) is 4.10. The van der Waals surface area contributed by atoms with Gasteiger partial charge in [-0.25, -0.2) is 9.97 Å². The molecule has 1 unspecified atom stereocenters. The molecule has 3 rings (SSSR count). The van der Waals surface area contributed by atoms with Crippen molar-refractivity contribution in [3.8, 4) is 0 Å². The monoisotopic (exact) mass is 272 g/mol. The van der Waals surface area contributed by atoms with Crippen molar-refractivity contribution in [1.29, 1.82) is 0 Å². The maximum atomic E-state index is 4.83. The van der Waals surface area contributed by atoms with E-state index in [1.807, 2.05) is 12.3 Å². The van der Waals surface area contributed by atoms with Gasteiger partial charge in [-0.1, -0.05) is 20.8 Å². The first-order valence-corrected chi connectivity index (χ1v) is 7.45. The van der Waals surface area contributed by atoms with E-state index in [0.717, 1.165) is 23.5 Å². The van der Waals surface area contributed by atoms with Gasteiger partial charge in [-0.05, 0) is 38.1 Å². The van der Waals surface area contributed by atoms with Crippen LogP contribution in [0.4, 0.5) is 0 Å². The van der Waals surface area contributed by atoms with Crippen LogP contribution in [0.15, 0.2) is 18.3 Å². The molecule has 0 saturated carbocycles. The van der Waals surface area contributed by atoms with E-state index in [0.29, 0.717) is 5.92 Å². The Morgan fingerprint density at radius 2 is 2.15 bits per heavy atom. The minimum Gasteiger partial charge on any atom is -0.312 e. The molecule has 1 fully saturated rings. The molecular formula is C16H24N4. The van der Waals surface area contributed by atoms with E-state index in [2.05, 4.69) is 48.3 Å². The molecule has 2 aromatic rings. The quantitative estimate of drug-likeness (QED) is 0.843. The van der Waals surface area contributed by atoms with Crippen LogP contribution in [-0.2, 0) is 12.0 Å². The highest BCUT2D eigenvalue weighted by Gasteiger charge is 2.27. The Balaban J connectivity index is 2.02. The minimum atomic E-state index is 0.0468. The lowest BCUT2D eigenvalue weighted by Crippen LogP contribution is -2.23. The summed E-state index contributed by atoms with van der Waals surface area (Å²) < 4.78 is 2.35. The lowest BCUT2D eigenvalue weighted by Gasteiger charge is -2.21. The highest BCUT2D eigenvalue weighted by Crippen LogP contribution is 2.27. The molecule has 1 aliphatic rings. The zero-order chi connectivity index (χ0) is 14.3. The minimum absolute atomic E-state index is 0.0468. The molecule has 2 aromatic heterocycles. The van der Waals surface area contributed by atoms with Crippen molar-refractivity contribution in [3.63, 3.8) is 0 Å². The summed E-state index contributed by atoms with van der Waals surface area (Å²) in [6.07, 6.45) is 3.14. The highest BCUT2D eigenvalue weighted by molar-refractivity contribution is 5.71. The van der Waals surface area contributed by atoms with Crippen LogP contribution < -0.4 is 0 Å². The molecule has 4 heteroatoms. The third kappa shape index (κ3) is 2.44. The van der Waals surface area contributed by atoms with Gasteiger partial charge in [-0.2, -0.15) is 0 Å². The molecule has 1 atom stereocenters. The van der Waals surface area contributed by atoms with Crippen molar-refractivity contribution in [1.82, 2.24) is 19.4 Å². The Bertz CT molecular complexity index is 608. The maximum Gasteiger partial charge on any atom is 0.160 e. The summed E-state index contributed by atoms with van der Waals surface area (Å²) in [6.45, 7) is 10.1. The summed E-state index contributed by atoms with van der Waals surface area (Å²) in [6, 6.07) is 4.03. The van der Waals surface area contributed by atoms with Crippen LogP contribution in [-0.4, -0.2) is 39.6 Å². The van der Waals surface area contributed by atoms with Gasteiger partial charge in [0.15, 0.2) is 5.65 Å². The van der Waals surface area contributed by atoms with Gasteiger partial charge in [0.1, 0.15) is 11.3 Å². The van der Waals surface area contributed by atoms with Crippen molar-refractivity contribution in [2.45, 2.75) is 39.2 Å². The predicted octanol–water partition coefficient (Wildman–Crippen LogP) is 2.68. The second-order valence-electron chi connectivity index (χ2n) is 7.06. The topological polar surface area (TPSA) is 34.0 Å². The number of hydrogen-bond acceptors (Lipinski definition) is 3. The average molecular weight is 272 g/mol. The lowest BCUT2D eigenvalue weighted by molar-refractivity contribution is 0.371. The van der Waals surface area contributed by atoms with Crippen LogP contribution in [0, 0.1) is 5.92 Å². The molecule has 4 nitrogen and oxygen atoms in total. The van der Waals surface area contributed by atoms with Crippen molar-refractivity contribution in [2.24, 2.45) is 5.92 Å². The number of fused-ring (bicyclic) bond motifs is 1. The van der Waals surface area contributed by atoms with Crippen LogP contribution in [0.1, 0.15) is 33.0 Å². The average Bonchev–Trinajstić information content (AvgIpc) is 2.94. The SMILES string of the molecule is CN1CCC(Cn2c(C(C)(C)C)nc3cccnc32)C1. The third-order valence-corrected chi connectivity index (χ3v) is 4.10. The van der Waals surface area contributed by atoms with Gasteiger partial charge in [0.05, 0.1) is 0 Å². The number of hydrogen-bond donors (Lipinski definition) is 0. The van der Waals surface area contributed by atoms with E-state index in [4.69, 9.17) is 4.98 Å². The molecule has 3 heterocycles. The highest BCUT2D eigenvalue weighted by atomic mass is 15.2. The summed E-state index contributed by atoms with van der Waals surface area (Å²) in [5.41, 5.74) is 2.10. The Hall–Kier alpha value is -1.42. The van der Waals surface area contributed by atoms with Gasteiger partial charge >= 0.3 is 0 Å². The largest absolute Gasteiger partial charge is 0.312 e. The van der Waals surface area contributed by atoms with Gasteiger partial charge in [-0.15, -0.1) is 0 Å². The number of rotatable bonds is 2. The molecule has 0 aliphatic carbocycles. The van der Waals surface area contributed by atoms with Crippen LogP contribution in [0.2, 0.25) is 0 Å². The zero-order valence-electron chi connectivity index (χ0n) is 12.9. The molecule has 0 amide bonds. The first-order chi connectivity index (χ1) is 9.45. The molecule has 0 spiro atoms. The number of pyridine rings is 1. The molecule has 0 aromatic carbocycles. The Morgan fingerprint density at radius 3 is 2.80 bits per heavy atom. The first-order valence-electron chi connectivity index (χ1n) is 7.45. The van der Waals surface area contributed by atoms with Crippen LogP contribution in [0.25, 0.3) is 11.2 Å². The van der Waals surface area contributed by atoms with E-state index in [1.54, 1.807) is 0 Å². The second kappa shape index (κ2) is 4.85. The smallest absolute Gasteiger partial charge is 0.160 e. The summed E-state index contributed by atoms with van der Waals surface area (Å²) in [5, 5.41) is 0. The number of nitrogens with zero attached hydrogens (tertiary/aromatic N) is 4. The zero-order valence-corrected chi connectivity index (χ0v) is 12.9. The van der Waals surface area contributed by atoms with Gasteiger partial charge in [0.25, 0.3) is 0 Å². The van der Waals surface area contributed by atoms with E-state index >= 15 is 0 Å². The van der Waals surface area contributed by atoms with Gasteiger partial charge in [0.2, 0.25) is 0 Å². The molecular weight excluding hydrogens is 248 g/mol. The summed E-state index contributed by atoms with van der Waals surface area (Å²) in [5.74, 6) is 1.86. The van der Waals surface area contributed by atoms with Crippen molar-refractivity contribution < 1.29 is 0 Å². The Labute approximate surface area is 120 Å². The van der Waals surface area contributed by atoms with E-state index < -0.39 is 0 Å². The van der Waals surface area contributed by atoms with Crippen LogP contribution in [0.5, 0.6) is 0 Å². The van der Waals surface area contributed by atoms with Gasteiger partial charge in [-0.3, -0.25) is 0 Å².